The van der Waals surface area contributed by atoms with E-state index in [-0.39, 0.29) is 0 Å². The first-order chi connectivity index (χ1) is 7.16. The number of aryl methyl sites for hydroxylation is 1. The highest BCUT2D eigenvalue weighted by Gasteiger charge is 2.25. The Morgan fingerprint density at radius 3 is 2.80 bits per heavy atom. The van der Waals surface area contributed by atoms with Gasteiger partial charge in [-0.25, -0.2) is 4.21 Å². The number of hydrogen-bond acceptors (Lipinski definition) is 2. The molecule has 1 unspecified atom stereocenters. The van der Waals surface area contributed by atoms with Gasteiger partial charge in [0.1, 0.15) is 0 Å². The van der Waals surface area contributed by atoms with Crippen molar-refractivity contribution in [2.45, 2.75) is 25.2 Å². The van der Waals surface area contributed by atoms with E-state index in [1.165, 1.54) is 18.4 Å². The van der Waals surface area contributed by atoms with E-state index in [1.807, 2.05) is 12.1 Å². The van der Waals surface area contributed by atoms with Crippen LogP contribution in [0.2, 0.25) is 0 Å². The van der Waals surface area contributed by atoms with Crippen molar-refractivity contribution < 1.29 is 8.76 Å². The van der Waals surface area contributed by atoms with Crippen LogP contribution in [0.1, 0.15) is 29.9 Å². The summed E-state index contributed by atoms with van der Waals surface area (Å²) in [5.74, 6) is 0.955. The molecule has 1 atom stereocenters. The lowest BCUT2D eigenvalue weighted by molar-refractivity contribution is 0.563. The number of hydrogen-bond donors (Lipinski definition) is 2. The molecule has 0 amide bonds. The second-order valence-corrected chi connectivity index (χ2v) is 5.06. The molecule has 0 aromatic heterocycles. The van der Waals surface area contributed by atoms with Gasteiger partial charge < -0.3 is 10.3 Å². The maximum Gasteiger partial charge on any atom is 0.153 e. The average molecular weight is 225 g/mol. The van der Waals surface area contributed by atoms with Crippen molar-refractivity contribution in [3.05, 3.63) is 29.3 Å². The summed E-state index contributed by atoms with van der Waals surface area (Å²) in [7, 11) is 0. The fraction of sp³-hybridized carbons (Fsp3) is 0.455. The Hall–Kier alpha value is -0.870. The van der Waals surface area contributed by atoms with E-state index >= 15 is 0 Å². The van der Waals surface area contributed by atoms with Crippen LogP contribution in [-0.2, 0) is 17.5 Å². The molecule has 1 aliphatic rings. The quantitative estimate of drug-likeness (QED) is 0.607. The monoisotopic (exact) mass is 225 g/mol. The highest BCUT2D eigenvalue weighted by molar-refractivity contribution is 7.79. The molecule has 1 aromatic rings. The Balaban J connectivity index is 2.18. The molecule has 0 aliphatic heterocycles. The summed E-state index contributed by atoms with van der Waals surface area (Å²) in [5.41, 5.74) is 8.90. The standard InChI is InChI=1S/C11H15NO2S/c12-10-3-4-11(8-1-2-8)9(7-10)5-6-15(13)14/h3-4,7-8H,1-2,5-6,12H2,(H,13,14). The van der Waals surface area contributed by atoms with E-state index in [1.54, 1.807) is 0 Å². The van der Waals surface area contributed by atoms with Crippen LogP contribution in [0.15, 0.2) is 18.2 Å². The van der Waals surface area contributed by atoms with Gasteiger partial charge in [-0.2, -0.15) is 0 Å². The SMILES string of the molecule is Nc1ccc(C2CC2)c(CCS(=O)O)c1. The van der Waals surface area contributed by atoms with Gasteiger partial charge >= 0.3 is 0 Å². The van der Waals surface area contributed by atoms with Crippen LogP contribution in [0.3, 0.4) is 0 Å². The fourth-order valence-corrected chi connectivity index (χ4v) is 2.23. The first-order valence-electron chi connectivity index (χ1n) is 5.12. The topological polar surface area (TPSA) is 63.3 Å². The van der Waals surface area contributed by atoms with Crippen LogP contribution < -0.4 is 5.73 Å². The number of nitrogen functional groups attached to an aromatic ring is 1. The summed E-state index contributed by atoms with van der Waals surface area (Å²) in [6.45, 7) is 0. The largest absolute Gasteiger partial charge is 0.399 e. The van der Waals surface area contributed by atoms with E-state index in [0.29, 0.717) is 18.1 Å². The Morgan fingerprint density at radius 1 is 1.47 bits per heavy atom. The molecule has 2 rings (SSSR count). The maximum atomic E-state index is 10.6. The van der Waals surface area contributed by atoms with Crippen LogP contribution in [0, 0.1) is 0 Å². The number of rotatable bonds is 4. The van der Waals surface area contributed by atoms with Gasteiger partial charge in [0.25, 0.3) is 0 Å². The van der Waals surface area contributed by atoms with E-state index in [4.69, 9.17) is 10.3 Å². The summed E-state index contributed by atoms with van der Waals surface area (Å²) in [6.07, 6.45) is 3.11. The molecular weight excluding hydrogens is 210 g/mol. The third kappa shape index (κ3) is 2.79. The molecule has 3 nitrogen and oxygen atoms in total. The summed E-state index contributed by atoms with van der Waals surface area (Å²) in [6, 6.07) is 5.90. The zero-order valence-corrected chi connectivity index (χ0v) is 9.30. The fourth-order valence-electron chi connectivity index (χ4n) is 1.83. The van der Waals surface area contributed by atoms with Gasteiger partial charge in [0, 0.05) is 5.69 Å². The molecule has 0 radical (unpaired) electrons. The molecular formula is C11H15NO2S. The van der Waals surface area contributed by atoms with Gasteiger partial charge in [-0.05, 0) is 48.4 Å². The molecule has 3 N–H and O–H groups in total. The lowest BCUT2D eigenvalue weighted by Crippen LogP contribution is -2.02. The maximum absolute atomic E-state index is 10.6. The van der Waals surface area contributed by atoms with Gasteiger partial charge in [0.2, 0.25) is 0 Å². The Morgan fingerprint density at radius 2 is 2.20 bits per heavy atom. The second kappa shape index (κ2) is 4.33. The second-order valence-electron chi connectivity index (χ2n) is 4.01. The minimum Gasteiger partial charge on any atom is -0.399 e. The Kier molecular flexibility index (Phi) is 3.07. The van der Waals surface area contributed by atoms with Crippen LogP contribution >= 0.6 is 0 Å². The predicted molar refractivity (Wildman–Crippen MR) is 62.2 cm³/mol. The summed E-state index contributed by atoms with van der Waals surface area (Å²) in [4.78, 5) is 0. The van der Waals surface area contributed by atoms with Crippen molar-refractivity contribution in [3.63, 3.8) is 0 Å². The molecule has 82 valence electrons. The van der Waals surface area contributed by atoms with Gasteiger partial charge in [0.05, 0.1) is 5.75 Å². The van der Waals surface area contributed by atoms with Crippen molar-refractivity contribution in [2.75, 3.05) is 11.5 Å². The first-order valence-corrected chi connectivity index (χ1v) is 6.40. The van der Waals surface area contributed by atoms with Gasteiger partial charge in [-0.1, -0.05) is 6.07 Å². The van der Waals surface area contributed by atoms with Crippen LogP contribution in [0.25, 0.3) is 0 Å². The Labute approximate surface area is 92.0 Å². The molecule has 0 saturated heterocycles. The molecule has 0 heterocycles. The van der Waals surface area contributed by atoms with Gasteiger partial charge in [-0.3, -0.25) is 0 Å². The third-order valence-corrected chi connectivity index (χ3v) is 3.28. The van der Waals surface area contributed by atoms with Crippen molar-refractivity contribution in [3.8, 4) is 0 Å². The van der Waals surface area contributed by atoms with Gasteiger partial charge in [-0.15, -0.1) is 0 Å². The van der Waals surface area contributed by atoms with E-state index in [0.717, 1.165) is 11.3 Å². The molecule has 15 heavy (non-hydrogen) atoms. The average Bonchev–Trinajstić information content (AvgIpc) is 2.98. The van der Waals surface area contributed by atoms with E-state index in [2.05, 4.69) is 6.07 Å². The van der Waals surface area contributed by atoms with Crippen LogP contribution in [0.4, 0.5) is 5.69 Å². The summed E-state index contributed by atoms with van der Waals surface area (Å²) >= 11 is -1.71. The van der Waals surface area contributed by atoms with Crippen molar-refractivity contribution in [1.82, 2.24) is 0 Å². The molecule has 4 heteroatoms. The number of benzene rings is 1. The summed E-state index contributed by atoms with van der Waals surface area (Å²) < 4.78 is 19.4. The zero-order valence-electron chi connectivity index (χ0n) is 8.48. The first kappa shape index (κ1) is 10.6. The smallest absolute Gasteiger partial charge is 0.153 e. The zero-order chi connectivity index (χ0) is 10.8. The van der Waals surface area contributed by atoms with Crippen molar-refractivity contribution >= 4 is 16.8 Å². The van der Waals surface area contributed by atoms with E-state index < -0.39 is 11.1 Å². The molecule has 1 aliphatic carbocycles. The lowest BCUT2D eigenvalue weighted by Gasteiger charge is -2.08. The number of nitrogens with two attached hydrogens (primary N) is 1. The molecule has 0 spiro atoms. The van der Waals surface area contributed by atoms with E-state index in [9.17, 15) is 4.21 Å². The lowest BCUT2D eigenvalue weighted by atomic mass is 10.0. The highest BCUT2D eigenvalue weighted by Crippen LogP contribution is 2.42. The highest BCUT2D eigenvalue weighted by atomic mass is 32.2. The minimum atomic E-state index is -1.71. The molecule has 0 bridgehead atoms. The van der Waals surface area contributed by atoms with Crippen molar-refractivity contribution in [2.24, 2.45) is 0 Å². The molecule has 1 fully saturated rings. The van der Waals surface area contributed by atoms with Gasteiger partial charge in [0.15, 0.2) is 11.1 Å². The number of anilines is 1. The summed E-state index contributed by atoms with van der Waals surface area (Å²) in [5, 5.41) is 0. The van der Waals surface area contributed by atoms with Crippen LogP contribution in [0.5, 0.6) is 0 Å². The van der Waals surface area contributed by atoms with Crippen molar-refractivity contribution in [1.29, 1.82) is 0 Å². The minimum absolute atomic E-state index is 0.295. The normalized spacial score (nSPS) is 17.7. The van der Waals surface area contributed by atoms with Crippen LogP contribution in [-0.4, -0.2) is 14.5 Å². The molecule has 1 saturated carbocycles. The third-order valence-electron chi connectivity index (χ3n) is 2.73. The predicted octanol–water partition coefficient (Wildman–Crippen LogP) is 1.91. The Bertz CT molecular complexity index is 388. The molecule has 1 aromatic carbocycles.